The first-order chi connectivity index (χ1) is 5.33. The summed E-state index contributed by atoms with van der Waals surface area (Å²) in [5.41, 5.74) is 0. The van der Waals surface area contributed by atoms with Crippen molar-refractivity contribution < 1.29 is 4.74 Å². The van der Waals surface area contributed by atoms with Gasteiger partial charge in [0.15, 0.2) is 4.47 Å². The standard InChI is InChI=1S/C6H9ClN2OS/c1-10-3-2-8-5-4-11-6(7)9-5/h4,8H,2-3H2,1H3. The number of ether oxygens (including phenoxy) is 1. The molecule has 1 aromatic rings. The van der Waals surface area contributed by atoms with Crippen LogP contribution < -0.4 is 5.32 Å². The monoisotopic (exact) mass is 192 g/mol. The molecule has 0 unspecified atom stereocenters. The topological polar surface area (TPSA) is 34.1 Å². The molecule has 0 fully saturated rings. The second kappa shape index (κ2) is 4.54. The summed E-state index contributed by atoms with van der Waals surface area (Å²) in [7, 11) is 1.66. The number of hydrogen-bond acceptors (Lipinski definition) is 4. The second-order valence-corrected chi connectivity index (χ2v) is 3.35. The molecule has 0 saturated heterocycles. The molecular formula is C6H9ClN2OS. The van der Waals surface area contributed by atoms with Gasteiger partial charge >= 0.3 is 0 Å². The minimum atomic E-state index is 0.560. The number of methoxy groups -OCH3 is 1. The van der Waals surface area contributed by atoms with Gasteiger partial charge in [0.1, 0.15) is 5.82 Å². The first-order valence-corrected chi connectivity index (χ1v) is 4.42. The van der Waals surface area contributed by atoms with Crippen molar-refractivity contribution in [3.63, 3.8) is 0 Å². The van der Waals surface area contributed by atoms with E-state index in [1.54, 1.807) is 7.11 Å². The van der Waals surface area contributed by atoms with Crippen LogP contribution >= 0.6 is 22.9 Å². The highest BCUT2D eigenvalue weighted by molar-refractivity contribution is 7.14. The smallest absolute Gasteiger partial charge is 0.185 e. The minimum Gasteiger partial charge on any atom is -0.383 e. The molecule has 0 saturated carbocycles. The Labute approximate surface area is 74.4 Å². The summed E-state index contributed by atoms with van der Waals surface area (Å²) >= 11 is 7.02. The minimum absolute atomic E-state index is 0.560. The Hall–Kier alpha value is -0.320. The maximum Gasteiger partial charge on any atom is 0.185 e. The Morgan fingerprint density at radius 1 is 1.82 bits per heavy atom. The van der Waals surface area contributed by atoms with Crippen LogP contribution in [0.3, 0.4) is 0 Å². The summed E-state index contributed by atoms with van der Waals surface area (Å²) in [6.07, 6.45) is 0. The summed E-state index contributed by atoms with van der Waals surface area (Å²) in [6.45, 7) is 1.44. The van der Waals surface area contributed by atoms with Gasteiger partial charge in [0.25, 0.3) is 0 Å². The zero-order valence-electron chi connectivity index (χ0n) is 6.13. The van der Waals surface area contributed by atoms with Crippen molar-refractivity contribution in [2.24, 2.45) is 0 Å². The van der Waals surface area contributed by atoms with E-state index in [4.69, 9.17) is 16.3 Å². The lowest BCUT2D eigenvalue weighted by molar-refractivity contribution is 0.210. The normalized spacial score (nSPS) is 10.0. The summed E-state index contributed by atoms with van der Waals surface area (Å²) < 4.78 is 5.41. The molecule has 0 atom stereocenters. The lowest BCUT2D eigenvalue weighted by Crippen LogP contribution is -2.07. The number of hydrogen-bond donors (Lipinski definition) is 1. The van der Waals surface area contributed by atoms with Gasteiger partial charge in [0.05, 0.1) is 6.61 Å². The SMILES string of the molecule is COCCNc1csc(Cl)n1. The summed E-state index contributed by atoms with van der Waals surface area (Å²) in [5, 5.41) is 4.93. The highest BCUT2D eigenvalue weighted by atomic mass is 35.5. The molecule has 0 amide bonds. The highest BCUT2D eigenvalue weighted by Crippen LogP contribution is 2.17. The van der Waals surface area contributed by atoms with Crippen molar-refractivity contribution in [2.75, 3.05) is 25.6 Å². The molecule has 1 aromatic heterocycles. The predicted molar refractivity (Wildman–Crippen MR) is 47.5 cm³/mol. The van der Waals surface area contributed by atoms with Crippen LogP contribution in [0.5, 0.6) is 0 Å². The maximum absolute atomic E-state index is 5.61. The summed E-state index contributed by atoms with van der Waals surface area (Å²) in [4.78, 5) is 4.00. The third-order valence-electron chi connectivity index (χ3n) is 1.09. The van der Waals surface area contributed by atoms with Gasteiger partial charge in [0.2, 0.25) is 0 Å². The van der Waals surface area contributed by atoms with Crippen LogP contribution in [0.1, 0.15) is 0 Å². The molecule has 0 bridgehead atoms. The van der Waals surface area contributed by atoms with E-state index >= 15 is 0 Å². The zero-order valence-corrected chi connectivity index (χ0v) is 7.71. The van der Waals surface area contributed by atoms with Crippen LogP contribution in [0.25, 0.3) is 0 Å². The molecule has 1 N–H and O–H groups in total. The van der Waals surface area contributed by atoms with Gasteiger partial charge in [-0.1, -0.05) is 11.6 Å². The van der Waals surface area contributed by atoms with Gasteiger partial charge in [-0.3, -0.25) is 0 Å². The number of anilines is 1. The first-order valence-electron chi connectivity index (χ1n) is 3.17. The van der Waals surface area contributed by atoms with E-state index in [0.717, 1.165) is 12.4 Å². The van der Waals surface area contributed by atoms with Crippen molar-refractivity contribution in [2.45, 2.75) is 0 Å². The number of rotatable bonds is 4. The fraction of sp³-hybridized carbons (Fsp3) is 0.500. The van der Waals surface area contributed by atoms with E-state index in [0.29, 0.717) is 11.1 Å². The van der Waals surface area contributed by atoms with E-state index in [-0.39, 0.29) is 0 Å². The summed E-state index contributed by atoms with van der Waals surface area (Å²) in [6, 6.07) is 0. The number of nitrogens with one attached hydrogen (secondary N) is 1. The molecule has 1 heterocycles. The Kier molecular flexibility index (Phi) is 3.62. The van der Waals surface area contributed by atoms with Crippen molar-refractivity contribution >= 4 is 28.8 Å². The van der Waals surface area contributed by atoms with Gasteiger partial charge < -0.3 is 10.1 Å². The highest BCUT2D eigenvalue weighted by Gasteiger charge is 1.96. The average molecular weight is 193 g/mol. The largest absolute Gasteiger partial charge is 0.383 e. The molecule has 0 aliphatic rings. The third-order valence-corrected chi connectivity index (χ3v) is 2.07. The molecule has 62 valence electrons. The van der Waals surface area contributed by atoms with Crippen LogP contribution in [0, 0.1) is 0 Å². The first kappa shape index (κ1) is 8.77. The quantitative estimate of drug-likeness (QED) is 0.740. The Morgan fingerprint density at radius 2 is 2.64 bits per heavy atom. The molecule has 0 radical (unpaired) electrons. The van der Waals surface area contributed by atoms with Crippen molar-refractivity contribution in [1.82, 2.24) is 4.98 Å². The molecule has 0 spiro atoms. The molecule has 1 rings (SSSR count). The van der Waals surface area contributed by atoms with Gasteiger partial charge in [0, 0.05) is 19.0 Å². The van der Waals surface area contributed by atoms with Crippen molar-refractivity contribution in [1.29, 1.82) is 0 Å². The van der Waals surface area contributed by atoms with E-state index in [1.165, 1.54) is 11.3 Å². The number of nitrogens with zero attached hydrogens (tertiary/aromatic N) is 1. The fourth-order valence-electron chi connectivity index (χ4n) is 0.614. The van der Waals surface area contributed by atoms with Gasteiger partial charge in [-0.25, -0.2) is 4.98 Å². The molecule has 11 heavy (non-hydrogen) atoms. The third kappa shape index (κ3) is 3.05. The molecule has 0 aromatic carbocycles. The summed E-state index contributed by atoms with van der Waals surface area (Å²) in [5.74, 6) is 0.817. The zero-order chi connectivity index (χ0) is 8.10. The number of thiazole rings is 1. The predicted octanol–water partition coefficient (Wildman–Crippen LogP) is 1.85. The molecule has 0 aliphatic carbocycles. The van der Waals surface area contributed by atoms with Gasteiger partial charge in [-0.15, -0.1) is 11.3 Å². The van der Waals surface area contributed by atoms with E-state index < -0.39 is 0 Å². The number of halogens is 1. The number of aromatic nitrogens is 1. The lowest BCUT2D eigenvalue weighted by atomic mass is 10.6. The molecule has 5 heteroatoms. The molecular weight excluding hydrogens is 184 g/mol. The lowest BCUT2D eigenvalue weighted by Gasteiger charge is -1.99. The van der Waals surface area contributed by atoms with E-state index in [9.17, 15) is 0 Å². The van der Waals surface area contributed by atoms with Gasteiger partial charge in [-0.05, 0) is 0 Å². The van der Waals surface area contributed by atoms with Crippen LogP contribution in [0.4, 0.5) is 5.82 Å². The van der Waals surface area contributed by atoms with Gasteiger partial charge in [-0.2, -0.15) is 0 Å². The van der Waals surface area contributed by atoms with E-state index in [1.807, 2.05) is 5.38 Å². The van der Waals surface area contributed by atoms with Crippen molar-refractivity contribution in [3.8, 4) is 0 Å². The second-order valence-electron chi connectivity index (χ2n) is 1.91. The van der Waals surface area contributed by atoms with E-state index in [2.05, 4.69) is 10.3 Å². The Bertz CT molecular complexity index is 216. The van der Waals surface area contributed by atoms with Crippen LogP contribution in [-0.4, -0.2) is 25.2 Å². The molecule has 3 nitrogen and oxygen atoms in total. The van der Waals surface area contributed by atoms with Crippen LogP contribution in [0.2, 0.25) is 4.47 Å². The van der Waals surface area contributed by atoms with Crippen LogP contribution in [-0.2, 0) is 4.74 Å². The molecule has 0 aliphatic heterocycles. The van der Waals surface area contributed by atoms with Crippen LogP contribution in [0.15, 0.2) is 5.38 Å². The maximum atomic E-state index is 5.61. The Morgan fingerprint density at radius 3 is 3.18 bits per heavy atom. The van der Waals surface area contributed by atoms with Crippen molar-refractivity contribution in [3.05, 3.63) is 9.85 Å². The average Bonchev–Trinajstić information content (AvgIpc) is 2.37. The Balaban J connectivity index is 2.27. The fourth-order valence-corrected chi connectivity index (χ4v) is 1.33.